The van der Waals surface area contributed by atoms with Gasteiger partial charge < -0.3 is 15.6 Å². The van der Waals surface area contributed by atoms with Gasteiger partial charge >= 0.3 is 0 Å². The van der Waals surface area contributed by atoms with Gasteiger partial charge in [0.05, 0.1) is 12.1 Å². The average Bonchev–Trinajstić information content (AvgIpc) is 2.73. The highest BCUT2D eigenvalue weighted by atomic mass is 16.3. The summed E-state index contributed by atoms with van der Waals surface area (Å²) in [6, 6.07) is 3.97. The molecular formula is C13H14N4O4. The van der Waals surface area contributed by atoms with Crippen LogP contribution in [0, 0.1) is 5.92 Å². The summed E-state index contributed by atoms with van der Waals surface area (Å²) in [5, 5.41) is 22.3. The highest BCUT2D eigenvalue weighted by Crippen LogP contribution is 2.20. The molecule has 1 heterocycles. The molecule has 1 atom stereocenters. The molecule has 0 saturated carbocycles. The molecule has 1 aliphatic heterocycles. The van der Waals surface area contributed by atoms with Crippen molar-refractivity contribution in [2.45, 2.75) is 6.42 Å². The number of phenols is 2. The zero-order valence-electron chi connectivity index (χ0n) is 11.0. The van der Waals surface area contributed by atoms with Crippen molar-refractivity contribution in [3.05, 3.63) is 36.0 Å². The first-order chi connectivity index (χ1) is 9.97. The van der Waals surface area contributed by atoms with Crippen molar-refractivity contribution in [2.24, 2.45) is 11.0 Å². The smallest absolute Gasteiger partial charge is 0.247 e. The molecule has 1 fully saturated rings. The van der Waals surface area contributed by atoms with Gasteiger partial charge in [-0.25, -0.2) is 5.43 Å². The summed E-state index contributed by atoms with van der Waals surface area (Å²) in [4.78, 5) is 23.0. The van der Waals surface area contributed by atoms with E-state index >= 15 is 0 Å². The Bertz CT molecular complexity index is 611. The number of carbonyl (C=O) groups is 2. The van der Waals surface area contributed by atoms with Gasteiger partial charge in [-0.3, -0.25) is 15.0 Å². The molecule has 1 saturated heterocycles. The van der Waals surface area contributed by atoms with Crippen molar-refractivity contribution < 1.29 is 19.8 Å². The third kappa shape index (κ3) is 3.50. The summed E-state index contributed by atoms with van der Waals surface area (Å²) in [5.41, 5.74) is 7.91. The van der Waals surface area contributed by atoms with E-state index < -0.39 is 11.8 Å². The van der Waals surface area contributed by atoms with E-state index in [-0.39, 0.29) is 23.8 Å². The third-order valence-electron chi connectivity index (χ3n) is 2.88. The fraction of sp³-hybridized carbons (Fsp3) is 0.154. The quantitative estimate of drug-likeness (QED) is 0.385. The molecule has 1 aromatic carbocycles. The van der Waals surface area contributed by atoms with Gasteiger partial charge in [-0.15, -0.1) is 0 Å². The Kier molecular flexibility index (Phi) is 4.07. The Morgan fingerprint density at radius 2 is 2.19 bits per heavy atom. The molecule has 5 N–H and O–H groups in total. The number of hydrogen-bond acceptors (Lipinski definition) is 6. The first-order valence-electron chi connectivity index (χ1n) is 6.06. The molecule has 1 aromatic rings. The molecule has 1 aliphatic rings. The Hall–Kier alpha value is -3.03. The lowest BCUT2D eigenvalue weighted by Crippen LogP contribution is -2.27. The van der Waals surface area contributed by atoms with Crippen LogP contribution < -0.4 is 16.3 Å². The molecule has 0 radical (unpaired) electrons. The average molecular weight is 290 g/mol. The number of rotatable bonds is 4. The largest absolute Gasteiger partial charge is 0.508 e. The standard InChI is InChI=1S/C13H14N4O4/c1-7-10(13(21)17-15-7)5-12(20)16-14-6-8-2-3-9(18)4-11(8)19/h2-4,6,10,15,18-19H,1,5H2,(H,16,20)(H,17,21). The maximum atomic E-state index is 11.6. The second-order valence-corrected chi connectivity index (χ2v) is 4.43. The van der Waals surface area contributed by atoms with Crippen LogP contribution in [-0.4, -0.2) is 28.2 Å². The lowest BCUT2D eigenvalue weighted by Gasteiger charge is -2.05. The van der Waals surface area contributed by atoms with E-state index in [1.54, 1.807) is 0 Å². The monoisotopic (exact) mass is 290 g/mol. The van der Waals surface area contributed by atoms with E-state index in [1.165, 1.54) is 18.3 Å². The van der Waals surface area contributed by atoms with Crippen LogP contribution in [-0.2, 0) is 9.59 Å². The zero-order chi connectivity index (χ0) is 15.4. The predicted octanol–water partition coefficient (Wildman–Crippen LogP) is -0.298. The third-order valence-corrected chi connectivity index (χ3v) is 2.88. The van der Waals surface area contributed by atoms with E-state index in [1.807, 2.05) is 0 Å². The van der Waals surface area contributed by atoms with Crippen LogP contribution in [0.3, 0.4) is 0 Å². The maximum Gasteiger partial charge on any atom is 0.247 e. The van der Waals surface area contributed by atoms with Crippen molar-refractivity contribution >= 4 is 18.0 Å². The van der Waals surface area contributed by atoms with Crippen molar-refractivity contribution in [1.29, 1.82) is 0 Å². The minimum absolute atomic E-state index is 0.0769. The van der Waals surface area contributed by atoms with Crippen LogP contribution in [0.2, 0.25) is 0 Å². The lowest BCUT2D eigenvalue weighted by molar-refractivity contribution is -0.127. The van der Waals surface area contributed by atoms with Crippen molar-refractivity contribution in [2.75, 3.05) is 0 Å². The zero-order valence-corrected chi connectivity index (χ0v) is 11.0. The van der Waals surface area contributed by atoms with Gasteiger partial charge in [-0.1, -0.05) is 6.58 Å². The Morgan fingerprint density at radius 1 is 1.43 bits per heavy atom. The SMILES string of the molecule is C=C1NNC(=O)C1CC(=O)NN=Cc1ccc(O)cc1O. The van der Waals surface area contributed by atoms with E-state index in [2.05, 4.69) is 28.0 Å². The molecule has 2 rings (SSSR count). The Labute approximate surface area is 120 Å². The number of hydrazine groups is 1. The molecule has 0 aliphatic carbocycles. The van der Waals surface area contributed by atoms with Crippen molar-refractivity contribution in [3.63, 3.8) is 0 Å². The van der Waals surface area contributed by atoms with Crippen LogP contribution in [0.4, 0.5) is 0 Å². The molecule has 1 unspecified atom stereocenters. The normalized spacial score (nSPS) is 17.6. The fourth-order valence-corrected chi connectivity index (χ4v) is 1.74. The van der Waals surface area contributed by atoms with E-state index in [0.29, 0.717) is 11.3 Å². The number of amides is 2. The number of benzene rings is 1. The fourth-order valence-electron chi connectivity index (χ4n) is 1.74. The number of nitrogens with zero attached hydrogens (tertiary/aromatic N) is 1. The molecule has 8 heteroatoms. The Morgan fingerprint density at radius 3 is 2.81 bits per heavy atom. The molecular weight excluding hydrogens is 276 g/mol. The van der Waals surface area contributed by atoms with Gasteiger partial charge in [-0.2, -0.15) is 5.10 Å². The molecule has 0 spiro atoms. The molecule has 21 heavy (non-hydrogen) atoms. The van der Waals surface area contributed by atoms with E-state index in [4.69, 9.17) is 5.11 Å². The van der Waals surface area contributed by atoms with E-state index in [9.17, 15) is 14.7 Å². The second-order valence-electron chi connectivity index (χ2n) is 4.43. The summed E-state index contributed by atoms with van der Waals surface area (Å²) in [6.07, 6.45) is 1.14. The van der Waals surface area contributed by atoms with Crippen molar-refractivity contribution in [1.82, 2.24) is 16.3 Å². The number of hydrazone groups is 1. The van der Waals surface area contributed by atoms with Gasteiger partial charge in [0.1, 0.15) is 11.5 Å². The molecule has 8 nitrogen and oxygen atoms in total. The van der Waals surface area contributed by atoms with Crippen LogP contribution in [0.25, 0.3) is 0 Å². The van der Waals surface area contributed by atoms with Crippen LogP contribution >= 0.6 is 0 Å². The molecule has 2 amide bonds. The summed E-state index contributed by atoms with van der Waals surface area (Å²) in [7, 11) is 0. The second kappa shape index (κ2) is 5.95. The highest BCUT2D eigenvalue weighted by Gasteiger charge is 2.29. The van der Waals surface area contributed by atoms with Gasteiger partial charge in [0.15, 0.2) is 0 Å². The Balaban J connectivity index is 1.90. The van der Waals surface area contributed by atoms with Crippen molar-refractivity contribution in [3.8, 4) is 11.5 Å². The molecule has 0 bridgehead atoms. The minimum atomic E-state index is -0.637. The first-order valence-corrected chi connectivity index (χ1v) is 6.06. The number of aromatic hydroxyl groups is 2. The van der Waals surface area contributed by atoms with E-state index in [0.717, 1.165) is 6.07 Å². The summed E-state index contributed by atoms with van der Waals surface area (Å²) in [5.74, 6) is -1.67. The maximum absolute atomic E-state index is 11.6. The highest BCUT2D eigenvalue weighted by molar-refractivity contribution is 5.90. The lowest BCUT2D eigenvalue weighted by atomic mass is 10.0. The number of hydrogen-bond donors (Lipinski definition) is 5. The first kappa shape index (κ1) is 14.4. The molecule has 0 aromatic heterocycles. The number of phenolic OH excluding ortho intramolecular Hbond substituents is 2. The van der Waals surface area contributed by atoms with Crippen LogP contribution in [0.15, 0.2) is 35.6 Å². The summed E-state index contributed by atoms with van der Waals surface area (Å²) in [6.45, 7) is 3.62. The van der Waals surface area contributed by atoms with Gasteiger partial charge in [0, 0.05) is 23.7 Å². The number of nitrogens with one attached hydrogen (secondary N) is 3. The topological polar surface area (TPSA) is 123 Å². The minimum Gasteiger partial charge on any atom is -0.508 e. The van der Waals surface area contributed by atoms with Gasteiger partial charge in [0.25, 0.3) is 0 Å². The van der Waals surface area contributed by atoms with Gasteiger partial charge in [0.2, 0.25) is 11.8 Å². The summed E-state index contributed by atoms with van der Waals surface area (Å²) < 4.78 is 0. The number of carbonyl (C=O) groups excluding carboxylic acids is 2. The predicted molar refractivity (Wildman–Crippen MR) is 74.0 cm³/mol. The van der Waals surface area contributed by atoms with Crippen LogP contribution in [0.1, 0.15) is 12.0 Å². The molecule has 110 valence electrons. The summed E-state index contributed by atoms with van der Waals surface area (Å²) >= 11 is 0. The van der Waals surface area contributed by atoms with Gasteiger partial charge in [-0.05, 0) is 12.1 Å². The van der Waals surface area contributed by atoms with Crippen LogP contribution in [0.5, 0.6) is 11.5 Å².